The van der Waals surface area contributed by atoms with Gasteiger partial charge in [0.1, 0.15) is 7.85 Å². The minimum Gasteiger partial charge on any atom is -0.0966 e. The monoisotopic (exact) mass is 242 g/mol. The van der Waals surface area contributed by atoms with Crippen LogP contribution in [0.25, 0.3) is 16.7 Å². The molecular formula is C18H15B. The van der Waals surface area contributed by atoms with Crippen molar-refractivity contribution in [3.63, 3.8) is 0 Å². The summed E-state index contributed by atoms with van der Waals surface area (Å²) >= 11 is 0. The van der Waals surface area contributed by atoms with Crippen LogP contribution in [0.15, 0.2) is 66.8 Å². The number of rotatable bonds is 2. The predicted molar refractivity (Wildman–Crippen MR) is 83.6 cm³/mol. The van der Waals surface area contributed by atoms with Crippen LogP contribution in [0.1, 0.15) is 18.4 Å². The lowest BCUT2D eigenvalue weighted by Gasteiger charge is -2.08. The summed E-state index contributed by atoms with van der Waals surface area (Å²) in [6, 6.07) is 16.7. The zero-order chi connectivity index (χ0) is 13.1. The van der Waals surface area contributed by atoms with Gasteiger partial charge in [-0.3, -0.25) is 0 Å². The first-order valence-electron chi connectivity index (χ1n) is 6.66. The van der Waals surface area contributed by atoms with E-state index in [0.717, 1.165) is 18.3 Å². The van der Waals surface area contributed by atoms with Crippen molar-refractivity contribution in [2.75, 3.05) is 0 Å². The summed E-state index contributed by atoms with van der Waals surface area (Å²) in [5, 5.41) is 0. The summed E-state index contributed by atoms with van der Waals surface area (Å²) in [6.07, 6.45) is 9.06. The molecule has 0 aromatic heterocycles. The number of hydrogen-bond donors (Lipinski definition) is 0. The quantitative estimate of drug-likeness (QED) is 0.701. The van der Waals surface area contributed by atoms with Crippen LogP contribution >= 0.6 is 0 Å². The fourth-order valence-corrected chi connectivity index (χ4v) is 2.36. The van der Waals surface area contributed by atoms with E-state index in [4.69, 9.17) is 7.85 Å². The minimum absolute atomic E-state index is 0.804. The van der Waals surface area contributed by atoms with Crippen molar-refractivity contribution >= 4 is 18.9 Å². The van der Waals surface area contributed by atoms with E-state index in [-0.39, 0.29) is 0 Å². The van der Waals surface area contributed by atoms with E-state index in [1.807, 2.05) is 12.1 Å². The lowest BCUT2D eigenvalue weighted by atomic mass is 9.93. The molecular weight excluding hydrogens is 227 g/mol. The normalized spacial score (nSPS) is 14.2. The number of allylic oxidation sites excluding steroid dienone is 4. The summed E-state index contributed by atoms with van der Waals surface area (Å²) < 4.78 is 0. The lowest BCUT2D eigenvalue weighted by molar-refractivity contribution is 1.04. The first-order valence-corrected chi connectivity index (χ1v) is 6.66. The third-order valence-corrected chi connectivity index (χ3v) is 3.46. The molecule has 0 N–H and O–H groups in total. The molecule has 0 aliphatic heterocycles. The zero-order valence-corrected chi connectivity index (χ0v) is 10.8. The summed E-state index contributed by atoms with van der Waals surface area (Å²) in [6.45, 7) is 0. The first-order chi connectivity index (χ1) is 9.33. The fraction of sp³-hybridized carbons (Fsp3) is 0.111. The Morgan fingerprint density at radius 3 is 1.84 bits per heavy atom. The highest BCUT2D eigenvalue weighted by Crippen LogP contribution is 2.24. The van der Waals surface area contributed by atoms with Crippen molar-refractivity contribution in [1.29, 1.82) is 0 Å². The van der Waals surface area contributed by atoms with Crippen LogP contribution in [0.4, 0.5) is 0 Å². The van der Waals surface area contributed by atoms with Gasteiger partial charge in [-0.2, -0.15) is 0 Å². The van der Waals surface area contributed by atoms with Gasteiger partial charge in [0.05, 0.1) is 0 Å². The van der Waals surface area contributed by atoms with Crippen molar-refractivity contribution in [3.05, 3.63) is 72.3 Å². The topological polar surface area (TPSA) is 0 Å². The van der Waals surface area contributed by atoms with Gasteiger partial charge in [0.2, 0.25) is 0 Å². The Hall–Kier alpha value is -2.02. The molecule has 1 aliphatic carbocycles. The standard InChI is InChI=1S/C18H15B/c19-18-12-10-17(11-13-18)16-8-6-15(7-9-16)14-4-2-1-3-5-14/h2,4-13H,1,3H2. The summed E-state index contributed by atoms with van der Waals surface area (Å²) in [5.41, 5.74) is 5.85. The van der Waals surface area contributed by atoms with Crippen LogP contribution in [0.5, 0.6) is 0 Å². The van der Waals surface area contributed by atoms with Crippen molar-refractivity contribution < 1.29 is 0 Å². The Kier molecular flexibility index (Phi) is 3.37. The van der Waals surface area contributed by atoms with Crippen LogP contribution in [0, 0.1) is 0 Å². The zero-order valence-electron chi connectivity index (χ0n) is 10.8. The molecule has 0 unspecified atom stereocenters. The summed E-state index contributed by atoms with van der Waals surface area (Å²) in [7, 11) is 5.71. The highest BCUT2D eigenvalue weighted by Gasteiger charge is 2.02. The van der Waals surface area contributed by atoms with E-state index in [2.05, 4.69) is 54.6 Å². The third-order valence-electron chi connectivity index (χ3n) is 3.46. The molecule has 1 heteroatoms. The van der Waals surface area contributed by atoms with Gasteiger partial charge in [-0.1, -0.05) is 72.2 Å². The Bertz CT molecular complexity index is 616. The largest absolute Gasteiger partial charge is 0.113 e. The number of benzene rings is 2. The van der Waals surface area contributed by atoms with E-state index in [0.29, 0.717) is 0 Å². The molecule has 0 bridgehead atoms. The summed E-state index contributed by atoms with van der Waals surface area (Å²) in [4.78, 5) is 0. The molecule has 3 rings (SSSR count). The molecule has 2 radical (unpaired) electrons. The van der Waals surface area contributed by atoms with Gasteiger partial charge < -0.3 is 0 Å². The second kappa shape index (κ2) is 5.32. The van der Waals surface area contributed by atoms with Crippen molar-refractivity contribution in [3.8, 4) is 11.1 Å². The molecule has 0 fully saturated rings. The van der Waals surface area contributed by atoms with Crippen molar-refractivity contribution in [1.82, 2.24) is 0 Å². The molecule has 19 heavy (non-hydrogen) atoms. The minimum atomic E-state index is 0.804. The second-order valence-corrected chi connectivity index (χ2v) is 4.84. The van der Waals surface area contributed by atoms with E-state index in [9.17, 15) is 0 Å². The average molecular weight is 242 g/mol. The SMILES string of the molecule is [B]c1ccc(-c2ccc(C3=CCCC=C3)cc2)cc1. The molecule has 0 amide bonds. The molecule has 0 nitrogen and oxygen atoms in total. The van der Waals surface area contributed by atoms with Gasteiger partial charge in [0.25, 0.3) is 0 Å². The van der Waals surface area contributed by atoms with E-state index in [1.165, 1.54) is 22.3 Å². The van der Waals surface area contributed by atoms with Crippen molar-refractivity contribution in [2.24, 2.45) is 0 Å². The van der Waals surface area contributed by atoms with Crippen LogP contribution in [-0.2, 0) is 0 Å². The third kappa shape index (κ3) is 2.71. The van der Waals surface area contributed by atoms with Gasteiger partial charge in [0, 0.05) is 0 Å². The Morgan fingerprint density at radius 2 is 1.26 bits per heavy atom. The maximum atomic E-state index is 5.71. The predicted octanol–water partition coefficient (Wildman–Crippen LogP) is 3.88. The average Bonchev–Trinajstić information content (AvgIpc) is 2.49. The second-order valence-electron chi connectivity index (χ2n) is 4.84. The van der Waals surface area contributed by atoms with Gasteiger partial charge in [-0.05, 0) is 35.1 Å². The van der Waals surface area contributed by atoms with Crippen molar-refractivity contribution in [2.45, 2.75) is 12.8 Å². The Labute approximate surface area is 115 Å². The summed E-state index contributed by atoms with van der Waals surface area (Å²) in [5.74, 6) is 0. The van der Waals surface area contributed by atoms with Gasteiger partial charge in [-0.15, -0.1) is 0 Å². The molecule has 1 aliphatic rings. The fourth-order valence-electron chi connectivity index (χ4n) is 2.36. The smallest absolute Gasteiger partial charge is 0.0966 e. The highest BCUT2D eigenvalue weighted by atomic mass is 14.1. The maximum absolute atomic E-state index is 5.71. The van der Waals surface area contributed by atoms with Crippen LogP contribution < -0.4 is 5.46 Å². The molecule has 90 valence electrons. The molecule has 2 aromatic rings. The molecule has 0 spiro atoms. The Balaban J connectivity index is 1.88. The maximum Gasteiger partial charge on any atom is 0.113 e. The van der Waals surface area contributed by atoms with Crippen LogP contribution in [0.3, 0.4) is 0 Å². The molecule has 0 saturated heterocycles. The lowest BCUT2D eigenvalue weighted by Crippen LogP contribution is -1.99. The van der Waals surface area contributed by atoms with Gasteiger partial charge in [-0.25, -0.2) is 0 Å². The van der Waals surface area contributed by atoms with E-state index >= 15 is 0 Å². The Morgan fingerprint density at radius 1 is 0.684 bits per heavy atom. The van der Waals surface area contributed by atoms with Gasteiger partial charge in [0.15, 0.2) is 0 Å². The molecule has 0 heterocycles. The molecule has 0 atom stereocenters. The molecule has 0 saturated carbocycles. The number of hydrogen-bond acceptors (Lipinski definition) is 0. The van der Waals surface area contributed by atoms with E-state index < -0.39 is 0 Å². The highest BCUT2D eigenvalue weighted by molar-refractivity contribution is 6.32. The van der Waals surface area contributed by atoms with Crippen LogP contribution in [0.2, 0.25) is 0 Å². The first kappa shape index (κ1) is 12.0. The molecule has 2 aromatic carbocycles. The van der Waals surface area contributed by atoms with Gasteiger partial charge >= 0.3 is 0 Å². The van der Waals surface area contributed by atoms with E-state index in [1.54, 1.807) is 0 Å². The van der Waals surface area contributed by atoms with Crippen LogP contribution in [-0.4, -0.2) is 7.85 Å².